The van der Waals surface area contributed by atoms with Gasteiger partial charge in [0.05, 0.1) is 17.9 Å². The van der Waals surface area contributed by atoms with Crippen LogP contribution in [0.1, 0.15) is 31.9 Å². The highest BCUT2D eigenvalue weighted by molar-refractivity contribution is 5.82. The van der Waals surface area contributed by atoms with E-state index in [0.29, 0.717) is 5.69 Å². The molecule has 6 heteroatoms. The smallest absolute Gasteiger partial charge is 0.241 e. The van der Waals surface area contributed by atoms with E-state index in [2.05, 4.69) is 17.3 Å². The molecule has 106 valence electrons. The van der Waals surface area contributed by atoms with E-state index in [9.17, 15) is 4.79 Å². The summed E-state index contributed by atoms with van der Waals surface area (Å²) >= 11 is 0. The fourth-order valence-electron chi connectivity index (χ4n) is 2.46. The highest BCUT2D eigenvalue weighted by Gasteiger charge is 2.19. The summed E-state index contributed by atoms with van der Waals surface area (Å²) in [5, 5.41) is 7.50. The molecule has 0 aromatic carbocycles. The van der Waals surface area contributed by atoms with Crippen molar-refractivity contribution in [3.8, 4) is 0 Å². The predicted octanol–water partition coefficient (Wildman–Crippen LogP) is 0.989. The highest BCUT2D eigenvalue weighted by atomic mass is 16.2. The number of carbonyl (C=O) groups is 1. The predicted molar refractivity (Wildman–Crippen MR) is 75.9 cm³/mol. The van der Waals surface area contributed by atoms with Crippen LogP contribution in [0.15, 0.2) is 0 Å². The van der Waals surface area contributed by atoms with Gasteiger partial charge in [-0.1, -0.05) is 13.3 Å². The molecule has 1 aliphatic rings. The number of hydrogen-bond donors (Lipinski definition) is 2. The fourth-order valence-corrected chi connectivity index (χ4v) is 2.46. The summed E-state index contributed by atoms with van der Waals surface area (Å²) in [5.74, 6) is 0.881. The van der Waals surface area contributed by atoms with Crippen molar-refractivity contribution >= 4 is 17.4 Å². The van der Waals surface area contributed by atoms with Crippen molar-refractivity contribution in [2.45, 2.75) is 32.6 Å². The molecule has 1 aliphatic heterocycles. The molecule has 0 aliphatic carbocycles. The second-order valence-electron chi connectivity index (χ2n) is 5.02. The number of amides is 1. The van der Waals surface area contributed by atoms with Gasteiger partial charge in [0, 0.05) is 20.1 Å². The zero-order chi connectivity index (χ0) is 13.8. The Bertz CT molecular complexity index is 448. The van der Waals surface area contributed by atoms with Gasteiger partial charge in [0.15, 0.2) is 0 Å². The summed E-state index contributed by atoms with van der Waals surface area (Å²) in [6.45, 7) is 4.14. The molecule has 1 aromatic rings. The van der Waals surface area contributed by atoms with E-state index in [4.69, 9.17) is 5.73 Å². The number of hydrogen-bond acceptors (Lipinski definition) is 4. The van der Waals surface area contributed by atoms with Crippen molar-refractivity contribution in [3.63, 3.8) is 0 Å². The van der Waals surface area contributed by atoms with Crippen molar-refractivity contribution in [3.05, 3.63) is 5.69 Å². The van der Waals surface area contributed by atoms with E-state index in [1.807, 2.05) is 11.9 Å². The second kappa shape index (κ2) is 5.95. The molecule has 1 aromatic heterocycles. The lowest BCUT2D eigenvalue weighted by Crippen LogP contribution is -2.33. The Balaban J connectivity index is 1.97. The average molecular weight is 265 g/mol. The Morgan fingerprint density at radius 2 is 2.11 bits per heavy atom. The molecule has 0 saturated carbocycles. The van der Waals surface area contributed by atoms with E-state index in [0.717, 1.165) is 50.3 Å². The second-order valence-corrected chi connectivity index (χ2v) is 5.02. The maximum atomic E-state index is 12.0. The molecule has 0 atom stereocenters. The van der Waals surface area contributed by atoms with Gasteiger partial charge in [0.1, 0.15) is 5.82 Å². The number of rotatable bonds is 5. The number of anilines is 2. The molecular formula is C13H23N5O. The molecule has 1 saturated heterocycles. The molecule has 2 heterocycles. The van der Waals surface area contributed by atoms with Crippen LogP contribution in [0.25, 0.3) is 0 Å². The Labute approximate surface area is 113 Å². The molecule has 3 N–H and O–H groups in total. The third-order valence-electron chi connectivity index (χ3n) is 3.51. The summed E-state index contributed by atoms with van der Waals surface area (Å²) < 4.78 is 1.72. The summed E-state index contributed by atoms with van der Waals surface area (Å²) in [7, 11) is 1.85. The Morgan fingerprint density at radius 1 is 1.42 bits per heavy atom. The zero-order valence-corrected chi connectivity index (χ0v) is 11.8. The number of nitrogen functional groups attached to an aromatic ring is 1. The first-order valence-corrected chi connectivity index (χ1v) is 6.96. The minimum atomic E-state index is 0.134. The topological polar surface area (TPSA) is 76.2 Å². The van der Waals surface area contributed by atoms with Crippen molar-refractivity contribution in [2.75, 3.05) is 30.7 Å². The molecule has 0 unspecified atom stereocenters. The lowest BCUT2D eigenvalue weighted by atomic mass is 10.2. The molecule has 0 spiro atoms. The summed E-state index contributed by atoms with van der Waals surface area (Å²) in [6, 6.07) is 0. The lowest BCUT2D eigenvalue weighted by molar-refractivity contribution is -0.128. The molecule has 6 nitrogen and oxygen atoms in total. The third-order valence-corrected chi connectivity index (χ3v) is 3.51. The van der Waals surface area contributed by atoms with Crippen molar-refractivity contribution < 1.29 is 4.79 Å². The molecule has 19 heavy (non-hydrogen) atoms. The average Bonchev–Trinajstić information content (AvgIpc) is 2.99. The van der Waals surface area contributed by atoms with Crippen LogP contribution in [-0.4, -0.2) is 40.2 Å². The Kier molecular flexibility index (Phi) is 4.29. The van der Waals surface area contributed by atoms with E-state index in [-0.39, 0.29) is 12.5 Å². The number of likely N-dealkylation sites (tertiary alicyclic amines) is 1. The molecule has 0 radical (unpaired) electrons. The van der Waals surface area contributed by atoms with Gasteiger partial charge in [0.25, 0.3) is 0 Å². The number of aromatic nitrogens is 2. The van der Waals surface area contributed by atoms with Crippen LogP contribution >= 0.6 is 0 Å². The van der Waals surface area contributed by atoms with Crippen LogP contribution in [0.5, 0.6) is 0 Å². The van der Waals surface area contributed by atoms with Crippen molar-refractivity contribution in [1.29, 1.82) is 0 Å². The highest BCUT2D eigenvalue weighted by Crippen LogP contribution is 2.22. The van der Waals surface area contributed by atoms with Gasteiger partial charge < -0.3 is 16.0 Å². The van der Waals surface area contributed by atoms with Crippen LogP contribution in [0.4, 0.5) is 11.5 Å². The number of nitrogens with zero attached hydrogens (tertiary/aromatic N) is 3. The molecule has 2 rings (SSSR count). The van der Waals surface area contributed by atoms with E-state index in [1.54, 1.807) is 4.68 Å². The van der Waals surface area contributed by atoms with Gasteiger partial charge in [0.2, 0.25) is 5.91 Å². The maximum absolute atomic E-state index is 12.0. The molecule has 0 bridgehead atoms. The number of aryl methyl sites for hydroxylation is 2. The summed E-state index contributed by atoms with van der Waals surface area (Å²) in [5.41, 5.74) is 7.63. The molecule has 1 fully saturated rings. The first-order valence-electron chi connectivity index (χ1n) is 6.96. The minimum absolute atomic E-state index is 0.134. The summed E-state index contributed by atoms with van der Waals surface area (Å²) in [6.07, 6.45) is 4.09. The fraction of sp³-hybridized carbons (Fsp3) is 0.692. The number of carbonyl (C=O) groups excluding carboxylic acids is 1. The van der Waals surface area contributed by atoms with Crippen LogP contribution in [-0.2, 0) is 18.3 Å². The maximum Gasteiger partial charge on any atom is 0.241 e. The SMILES string of the molecule is CCCc1nn(C)c(NCC(=O)N2CCCC2)c1N. The zero-order valence-electron chi connectivity index (χ0n) is 11.8. The first kappa shape index (κ1) is 13.7. The van der Waals surface area contributed by atoms with Gasteiger partial charge in [-0.2, -0.15) is 5.10 Å². The van der Waals surface area contributed by atoms with E-state index >= 15 is 0 Å². The van der Waals surface area contributed by atoms with Gasteiger partial charge in [-0.3, -0.25) is 9.48 Å². The van der Waals surface area contributed by atoms with Gasteiger partial charge in [-0.25, -0.2) is 0 Å². The standard InChI is InChI=1S/C13H23N5O/c1-3-6-10-12(14)13(17(2)16-10)15-9-11(19)18-7-4-5-8-18/h15H,3-9,14H2,1-2H3. The number of nitrogens with one attached hydrogen (secondary N) is 1. The van der Waals surface area contributed by atoms with E-state index in [1.165, 1.54) is 0 Å². The normalized spacial score (nSPS) is 14.9. The first-order chi connectivity index (χ1) is 9.13. The van der Waals surface area contributed by atoms with Crippen LogP contribution in [0.3, 0.4) is 0 Å². The Morgan fingerprint density at radius 3 is 2.74 bits per heavy atom. The third kappa shape index (κ3) is 3.00. The van der Waals surface area contributed by atoms with Crippen molar-refractivity contribution in [1.82, 2.24) is 14.7 Å². The quantitative estimate of drug-likeness (QED) is 0.832. The molecular weight excluding hydrogens is 242 g/mol. The van der Waals surface area contributed by atoms with Crippen LogP contribution < -0.4 is 11.1 Å². The number of nitrogens with two attached hydrogens (primary N) is 1. The van der Waals surface area contributed by atoms with Gasteiger partial charge in [-0.15, -0.1) is 0 Å². The Hall–Kier alpha value is -1.72. The van der Waals surface area contributed by atoms with E-state index < -0.39 is 0 Å². The van der Waals surface area contributed by atoms with Crippen molar-refractivity contribution in [2.24, 2.45) is 7.05 Å². The molecule has 1 amide bonds. The largest absolute Gasteiger partial charge is 0.394 e. The lowest BCUT2D eigenvalue weighted by Gasteiger charge is -2.16. The van der Waals surface area contributed by atoms with Gasteiger partial charge >= 0.3 is 0 Å². The van der Waals surface area contributed by atoms with Crippen LogP contribution in [0.2, 0.25) is 0 Å². The minimum Gasteiger partial charge on any atom is -0.394 e. The van der Waals surface area contributed by atoms with Gasteiger partial charge in [-0.05, 0) is 19.3 Å². The monoisotopic (exact) mass is 265 g/mol. The summed E-state index contributed by atoms with van der Waals surface area (Å²) in [4.78, 5) is 13.9. The van der Waals surface area contributed by atoms with Crippen LogP contribution in [0, 0.1) is 0 Å².